The van der Waals surface area contributed by atoms with Crippen LogP contribution in [0.5, 0.6) is 11.5 Å². The molecule has 178 valence electrons. The Morgan fingerprint density at radius 2 is 1.85 bits per heavy atom. The number of carbonyl (C=O) groups excluding carboxylic acids is 1. The number of aromatic amines is 1. The number of ether oxygens (including phenoxy) is 3. The van der Waals surface area contributed by atoms with Crippen molar-refractivity contribution >= 4 is 40.0 Å². The molecule has 2 N–H and O–H groups in total. The molecule has 0 aliphatic heterocycles. The third kappa shape index (κ3) is 4.65. The summed E-state index contributed by atoms with van der Waals surface area (Å²) in [5.41, 5.74) is 3.13. The summed E-state index contributed by atoms with van der Waals surface area (Å²) in [5.74, 6) is 0.680. The molecular weight excluding hydrogens is 483 g/mol. The number of nitrogens with one attached hydrogen (secondary N) is 2. The smallest absolute Gasteiger partial charge is 0.241 e. The highest BCUT2D eigenvalue weighted by atomic mass is 35.5. The Kier molecular flexibility index (Phi) is 7.20. The average Bonchev–Trinajstić information content (AvgIpc) is 3.46. The number of methoxy groups -OCH3 is 3. The molecule has 34 heavy (non-hydrogen) atoms. The van der Waals surface area contributed by atoms with Crippen LogP contribution in [0.1, 0.15) is 0 Å². The summed E-state index contributed by atoms with van der Waals surface area (Å²) in [5, 5.41) is 15.9. The van der Waals surface area contributed by atoms with Crippen LogP contribution in [0, 0.1) is 0 Å². The maximum atomic E-state index is 12.0. The van der Waals surface area contributed by atoms with Gasteiger partial charge >= 0.3 is 0 Å². The van der Waals surface area contributed by atoms with Crippen LogP contribution >= 0.6 is 23.2 Å². The Morgan fingerprint density at radius 3 is 2.53 bits per heavy atom. The van der Waals surface area contributed by atoms with E-state index in [4.69, 9.17) is 37.4 Å². The number of H-pyrrole nitrogens is 1. The van der Waals surface area contributed by atoms with Crippen LogP contribution in [0.2, 0.25) is 10.0 Å². The predicted molar refractivity (Wildman–Crippen MR) is 129 cm³/mol. The Bertz CT molecular complexity index is 1310. The lowest BCUT2D eigenvalue weighted by molar-refractivity contribution is -0.122. The summed E-state index contributed by atoms with van der Waals surface area (Å²) in [4.78, 5) is 16.6. The van der Waals surface area contributed by atoms with Crippen LogP contribution in [0.3, 0.4) is 0 Å². The molecule has 3 aromatic heterocycles. The minimum atomic E-state index is -0.160. The van der Waals surface area contributed by atoms with Gasteiger partial charge in [-0.3, -0.25) is 19.6 Å². The number of aromatic nitrogens is 5. The third-order valence-electron chi connectivity index (χ3n) is 5.12. The molecule has 1 amide bonds. The van der Waals surface area contributed by atoms with E-state index in [1.165, 1.54) is 14.2 Å². The molecule has 0 bridgehead atoms. The number of hydrogen-bond donors (Lipinski definition) is 2. The molecule has 0 saturated carbocycles. The Hall–Kier alpha value is -3.34. The van der Waals surface area contributed by atoms with Gasteiger partial charge in [-0.05, 0) is 6.07 Å². The Morgan fingerprint density at radius 1 is 1.12 bits per heavy atom. The molecule has 4 aromatic rings. The first-order chi connectivity index (χ1) is 16.5. The van der Waals surface area contributed by atoms with Gasteiger partial charge in [-0.1, -0.05) is 23.2 Å². The molecule has 0 spiro atoms. The second-order valence-corrected chi connectivity index (χ2v) is 8.00. The second-order valence-electron chi connectivity index (χ2n) is 7.24. The molecule has 0 atom stereocenters. The Balaban J connectivity index is 1.63. The van der Waals surface area contributed by atoms with Crippen LogP contribution in [0.25, 0.3) is 33.4 Å². The summed E-state index contributed by atoms with van der Waals surface area (Å²) in [6, 6.07) is 3.42. The van der Waals surface area contributed by atoms with Crippen molar-refractivity contribution < 1.29 is 19.0 Å². The van der Waals surface area contributed by atoms with Crippen molar-refractivity contribution in [2.75, 3.05) is 34.5 Å². The van der Waals surface area contributed by atoms with Gasteiger partial charge in [-0.25, -0.2) is 0 Å². The van der Waals surface area contributed by atoms with Gasteiger partial charge in [0.1, 0.15) is 23.7 Å². The van der Waals surface area contributed by atoms with E-state index in [1.54, 1.807) is 42.5 Å². The van der Waals surface area contributed by atoms with Gasteiger partial charge in [0.15, 0.2) is 0 Å². The van der Waals surface area contributed by atoms with Crippen molar-refractivity contribution in [3.05, 3.63) is 40.8 Å². The first-order valence-electron chi connectivity index (χ1n) is 10.2. The summed E-state index contributed by atoms with van der Waals surface area (Å²) in [6.45, 7) is 0.973. The van der Waals surface area contributed by atoms with Crippen molar-refractivity contribution in [3.63, 3.8) is 0 Å². The van der Waals surface area contributed by atoms with E-state index >= 15 is 0 Å². The van der Waals surface area contributed by atoms with E-state index in [0.717, 1.165) is 16.5 Å². The maximum Gasteiger partial charge on any atom is 0.241 e. The van der Waals surface area contributed by atoms with Gasteiger partial charge in [0, 0.05) is 48.6 Å². The van der Waals surface area contributed by atoms with Gasteiger partial charge in [0.25, 0.3) is 0 Å². The molecule has 12 heteroatoms. The van der Waals surface area contributed by atoms with Crippen LogP contribution in [0.15, 0.2) is 30.7 Å². The molecule has 3 heterocycles. The van der Waals surface area contributed by atoms with Crippen molar-refractivity contribution in [1.29, 1.82) is 0 Å². The molecule has 0 aliphatic rings. The normalized spacial score (nSPS) is 11.1. The van der Waals surface area contributed by atoms with Gasteiger partial charge in [-0.2, -0.15) is 10.2 Å². The van der Waals surface area contributed by atoms with Crippen LogP contribution in [-0.2, 0) is 16.1 Å². The van der Waals surface area contributed by atoms with Gasteiger partial charge in [0.05, 0.1) is 48.3 Å². The zero-order valence-corrected chi connectivity index (χ0v) is 20.2. The fourth-order valence-electron chi connectivity index (χ4n) is 3.45. The zero-order chi connectivity index (χ0) is 24.2. The number of hydrogen-bond acceptors (Lipinski definition) is 7. The van der Waals surface area contributed by atoms with Crippen molar-refractivity contribution in [1.82, 2.24) is 30.3 Å². The first-order valence-corrected chi connectivity index (χ1v) is 10.9. The van der Waals surface area contributed by atoms with Gasteiger partial charge < -0.3 is 19.5 Å². The monoisotopic (exact) mass is 504 g/mol. The first kappa shape index (κ1) is 23.8. The predicted octanol–water partition coefficient (Wildman–Crippen LogP) is 3.58. The number of pyridine rings is 1. The molecular formula is C22H22Cl2N6O4. The van der Waals surface area contributed by atoms with Crippen LogP contribution in [-0.4, -0.2) is 65.4 Å². The molecule has 10 nitrogen and oxygen atoms in total. The van der Waals surface area contributed by atoms with Crippen LogP contribution in [0.4, 0.5) is 0 Å². The fourth-order valence-corrected chi connectivity index (χ4v) is 4.14. The molecule has 0 aliphatic carbocycles. The SMILES string of the molecule is COCCNC(=O)Cn1cc(-c2n[nH]c3cc(-c4c(Cl)c(OC)cc(OC)c4Cl)ncc23)cn1. The van der Waals surface area contributed by atoms with E-state index in [9.17, 15) is 4.79 Å². The Labute approximate surface area is 205 Å². The highest BCUT2D eigenvalue weighted by Crippen LogP contribution is 2.45. The average molecular weight is 505 g/mol. The highest BCUT2D eigenvalue weighted by molar-refractivity contribution is 6.41. The largest absolute Gasteiger partial charge is 0.495 e. The quantitative estimate of drug-likeness (QED) is 0.334. The van der Waals surface area contributed by atoms with Crippen molar-refractivity contribution in [2.24, 2.45) is 0 Å². The topological polar surface area (TPSA) is 116 Å². The van der Waals surface area contributed by atoms with Crippen LogP contribution < -0.4 is 14.8 Å². The van der Waals surface area contributed by atoms with E-state index in [-0.39, 0.29) is 12.5 Å². The number of nitrogens with zero attached hydrogens (tertiary/aromatic N) is 4. The number of rotatable bonds is 9. The molecule has 0 saturated heterocycles. The van der Waals surface area contributed by atoms with Crippen molar-refractivity contribution in [2.45, 2.75) is 6.54 Å². The summed E-state index contributed by atoms with van der Waals surface area (Å²) < 4.78 is 17.2. The lowest BCUT2D eigenvalue weighted by Gasteiger charge is -2.14. The maximum absolute atomic E-state index is 12.0. The lowest BCUT2D eigenvalue weighted by atomic mass is 10.1. The van der Waals surface area contributed by atoms with Gasteiger partial charge in [-0.15, -0.1) is 0 Å². The van der Waals surface area contributed by atoms with Crippen molar-refractivity contribution in [3.8, 4) is 34.0 Å². The van der Waals surface area contributed by atoms with E-state index in [0.29, 0.717) is 51.6 Å². The van der Waals surface area contributed by atoms with Gasteiger partial charge in [0.2, 0.25) is 5.91 Å². The number of benzene rings is 1. The summed E-state index contributed by atoms with van der Waals surface area (Å²) in [6.07, 6.45) is 5.07. The minimum Gasteiger partial charge on any atom is -0.495 e. The molecule has 4 rings (SSSR count). The fraction of sp³-hybridized carbons (Fsp3) is 0.273. The zero-order valence-electron chi connectivity index (χ0n) is 18.7. The minimum absolute atomic E-state index is 0.0864. The van der Waals surface area contributed by atoms with E-state index in [1.807, 2.05) is 0 Å². The number of carbonyl (C=O) groups is 1. The van der Waals surface area contributed by atoms with E-state index in [2.05, 4.69) is 25.6 Å². The summed E-state index contributed by atoms with van der Waals surface area (Å²) in [7, 11) is 4.60. The molecule has 0 radical (unpaired) electrons. The number of halogens is 2. The summed E-state index contributed by atoms with van der Waals surface area (Å²) >= 11 is 13.1. The number of fused-ring (bicyclic) bond motifs is 1. The highest BCUT2D eigenvalue weighted by Gasteiger charge is 2.21. The van der Waals surface area contributed by atoms with E-state index < -0.39 is 0 Å². The standard InChI is InChI=1S/C22H22Cl2N6O4/c1-32-5-4-25-18(31)11-30-10-12(8-27-30)22-13-9-26-15(6-14(13)28-29-22)19-20(23)16(33-2)7-17(34-3)21(19)24/h6-10H,4-5,11H2,1-3H3,(H,25,31)(H,28,29). The number of amides is 1. The lowest BCUT2D eigenvalue weighted by Crippen LogP contribution is -2.30. The molecule has 1 aromatic carbocycles. The molecule has 0 unspecified atom stereocenters. The second kappa shape index (κ2) is 10.3. The third-order valence-corrected chi connectivity index (χ3v) is 5.87. The molecule has 0 fully saturated rings.